The first kappa shape index (κ1) is 16.5. The third-order valence-electron chi connectivity index (χ3n) is 4.32. The molecule has 0 bridgehead atoms. The van der Waals surface area contributed by atoms with E-state index in [1.165, 1.54) is 12.1 Å². The van der Waals surface area contributed by atoms with Gasteiger partial charge in [-0.25, -0.2) is 9.37 Å². The fraction of sp³-hybridized carbons (Fsp3) is 0.0476. The second-order valence-corrected chi connectivity index (χ2v) is 6.71. The molecule has 26 heavy (non-hydrogen) atoms. The number of carbonyl (C=O) groups excluding carboxylic acids is 1. The zero-order valence-corrected chi connectivity index (χ0v) is 14.8. The first-order valence-electron chi connectivity index (χ1n) is 8.09. The van der Waals surface area contributed by atoms with Gasteiger partial charge in [-0.3, -0.25) is 4.79 Å². The molecule has 0 saturated heterocycles. The number of ketones is 1. The van der Waals surface area contributed by atoms with Crippen molar-refractivity contribution in [3.8, 4) is 11.1 Å². The lowest BCUT2D eigenvalue weighted by Crippen LogP contribution is -2.03. The van der Waals surface area contributed by atoms with Crippen molar-refractivity contribution in [3.05, 3.63) is 83.9 Å². The average molecular weight is 362 g/mol. The van der Waals surface area contributed by atoms with E-state index in [1.807, 2.05) is 30.5 Å². The van der Waals surface area contributed by atoms with Crippen molar-refractivity contribution in [2.24, 2.45) is 0 Å². The van der Waals surface area contributed by atoms with Crippen molar-refractivity contribution < 1.29 is 9.18 Å². The Balaban J connectivity index is 1.93. The summed E-state index contributed by atoms with van der Waals surface area (Å²) in [4.78, 5) is 21.4. The van der Waals surface area contributed by atoms with Crippen molar-refractivity contribution in [1.29, 1.82) is 0 Å². The first-order chi connectivity index (χ1) is 12.7. The molecule has 0 amide bonds. The van der Waals surface area contributed by atoms with Crippen LogP contribution in [0.25, 0.3) is 22.2 Å². The molecule has 2 heterocycles. The van der Waals surface area contributed by atoms with E-state index in [0.29, 0.717) is 16.6 Å². The monoisotopic (exact) mass is 362 g/mol. The lowest BCUT2D eigenvalue weighted by molar-refractivity contribution is 0.103. The zero-order valence-electron chi connectivity index (χ0n) is 14.0. The molecule has 1 N–H and O–H groups in total. The van der Waals surface area contributed by atoms with Crippen LogP contribution in [0.5, 0.6) is 0 Å². The summed E-state index contributed by atoms with van der Waals surface area (Å²) in [6.07, 6.45) is 5.33. The summed E-state index contributed by atoms with van der Waals surface area (Å²) in [5, 5.41) is 0.707. The molecule has 0 atom stereocenters. The SMILES string of the molecule is CSc1cccc(-c2ccnc3[nH]cc(C(=O)c4ccccc4F)c23)c1. The van der Waals surface area contributed by atoms with Crippen LogP contribution in [-0.4, -0.2) is 22.0 Å². The lowest BCUT2D eigenvalue weighted by Gasteiger charge is -2.08. The van der Waals surface area contributed by atoms with Crippen LogP contribution < -0.4 is 0 Å². The molecular weight excluding hydrogens is 347 g/mol. The van der Waals surface area contributed by atoms with Crippen LogP contribution in [0.1, 0.15) is 15.9 Å². The summed E-state index contributed by atoms with van der Waals surface area (Å²) in [7, 11) is 0. The summed E-state index contributed by atoms with van der Waals surface area (Å²) >= 11 is 1.65. The van der Waals surface area contributed by atoms with E-state index in [2.05, 4.69) is 16.0 Å². The maximum atomic E-state index is 14.1. The lowest BCUT2D eigenvalue weighted by atomic mass is 9.97. The highest BCUT2D eigenvalue weighted by Crippen LogP contribution is 2.33. The number of thioether (sulfide) groups is 1. The second kappa shape index (κ2) is 6.77. The quantitative estimate of drug-likeness (QED) is 0.395. The molecule has 4 aromatic rings. The van der Waals surface area contributed by atoms with Crippen molar-refractivity contribution >= 4 is 28.6 Å². The summed E-state index contributed by atoms with van der Waals surface area (Å²) in [6.45, 7) is 0. The summed E-state index contributed by atoms with van der Waals surface area (Å²) in [5.41, 5.74) is 2.97. The standard InChI is InChI=1S/C21H15FN2OS/c1-26-14-6-4-5-13(11-14)15-9-10-23-21-19(15)17(12-24-21)20(25)16-7-2-3-8-18(16)22/h2-12H,1H3,(H,23,24). The van der Waals surface area contributed by atoms with Crippen LogP contribution >= 0.6 is 11.8 Å². The minimum absolute atomic E-state index is 0.0565. The van der Waals surface area contributed by atoms with Gasteiger partial charge in [0.25, 0.3) is 0 Å². The predicted molar refractivity (Wildman–Crippen MR) is 103 cm³/mol. The van der Waals surface area contributed by atoms with Gasteiger partial charge in [0.1, 0.15) is 11.5 Å². The van der Waals surface area contributed by atoms with Crippen LogP contribution in [0.2, 0.25) is 0 Å². The Kier molecular flexibility index (Phi) is 4.31. The van der Waals surface area contributed by atoms with E-state index in [-0.39, 0.29) is 11.3 Å². The number of halogens is 1. The minimum Gasteiger partial charge on any atom is -0.345 e. The summed E-state index contributed by atoms with van der Waals surface area (Å²) in [5.74, 6) is -0.883. The van der Waals surface area contributed by atoms with Gasteiger partial charge >= 0.3 is 0 Å². The fourth-order valence-electron chi connectivity index (χ4n) is 3.06. The molecule has 2 aromatic heterocycles. The van der Waals surface area contributed by atoms with Gasteiger partial charge in [0.15, 0.2) is 5.78 Å². The molecule has 0 aliphatic heterocycles. The molecule has 0 radical (unpaired) electrons. The van der Waals surface area contributed by atoms with Crippen LogP contribution in [0, 0.1) is 5.82 Å². The highest BCUT2D eigenvalue weighted by molar-refractivity contribution is 7.98. The minimum atomic E-state index is -0.526. The third-order valence-corrected chi connectivity index (χ3v) is 5.04. The number of carbonyl (C=O) groups is 1. The Hall–Kier alpha value is -2.92. The smallest absolute Gasteiger partial charge is 0.198 e. The van der Waals surface area contributed by atoms with Crippen molar-refractivity contribution in [1.82, 2.24) is 9.97 Å². The highest BCUT2D eigenvalue weighted by atomic mass is 32.2. The van der Waals surface area contributed by atoms with Gasteiger partial charge in [-0.1, -0.05) is 24.3 Å². The molecule has 0 aliphatic rings. The Morgan fingerprint density at radius 1 is 1.08 bits per heavy atom. The average Bonchev–Trinajstić information content (AvgIpc) is 3.12. The van der Waals surface area contributed by atoms with E-state index in [9.17, 15) is 9.18 Å². The van der Waals surface area contributed by atoms with Gasteiger partial charge in [-0.05, 0) is 47.7 Å². The van der Waals surface area contributed by atoms with Gasteiger partial charge < -0.3 is 4.98 Å². The topological polar surface area (TPSA) is 45.8 Å². The van der Waals surface area contributed by atoms with E-state index < -0.39 is 5.82 Å². The summed E-state index contributed by atoms with van der Waals surface area (Å²) < 4.78 is 14.1. The molecule has 0 spiro atoms. The van der Waals surface area contributed by atoms with Crippen molar-refractivity contribution in [2.75, 3.05) is 6.26 Å². The van der Waals surface area contributed by atoms with Gasteiger partial charge in [0, 0.05) is 22.7 Å². The Labute approximate surface area is 154 Å². The number of aromatic amines is 1. The number of aromatic nitrogens is 2. The Morgan fingerprint density at radius 2 is 1.92 bits per heavy atom. The number of hydrogen-bond acceptors (Lipinski definition) is 3. The first-order valence-corrected chi connectivity index (χ1v) is 9.31. The molecular formula is C21H15FN2OS. The van der Waals surface area contributed by atoms with Crippen LogP contribution in [0.4, 0.5) is 4.39 Å². The summed E-state index contributed by atoms with van der Waals surface area (Å²) in [6, 6.07) is 16.0. The molecule has 0 aliphatic carbocycles. The molecule has 0 fully saturated rings. The van der Waals surface area contributed by atoms with Gasteiger partial charge in [-0.15, -0.1) is 11.8 Å². The van der Waals surface area contributed by atoms with Crippen LogP contribution in [0.3, 0.4) is 0 Å². The van der Waals surface area contributed by atoms with Crippen LogP contribution in [-0.2, 0) is 0 Å². The van der Waals surface area contributed by atoms with Crippen LogP contribution in [0.15, 0.2) is 71.9 Å². The van der Waals surface area contributed by atoms with E-state index in [4.69, 9.17) is 0 Å². The maximum Gasteiger partial charge on any atom is 0.198 e. The number of pyridine rings is 1. The second-order valence-electron chi connectivity index (χ2n) is 5.83. The number of H-pyrrole nitrogens is 1. The predicted octanol–water partition coefficient (Wildman–Crippen LogP) is 5.32. The molecule has 0 unspecified atom stereocenters. The largest absolute Gasteiger partial charge is 0.345 e. The normalized spacial score (nSPS) is 11.0. The maximum absolute atomic E-state index is 14.1. The van der Waals surface area contributed by atoms with Gasteiger partial charge in [0.2, 0.25) is 0 Å². The van der Waals surface area contributed by atoms with E-state index in [1.54, 1.807) is 36.3 Å². The van der Waals surface area contributed by atoms with E-state index in [0.717, 1.165) is 16.0 Å². The third kappa shape index (κ3) is 2.80. The number of nitrogens with zero attached hydrogens (tertiary/aromatic N) is 1. The Morgan fingerprint density at radius 3 is 2.73 bits per heavy atom. The molecule has 128 valence electrons. The van der Waals surface area contributed by atoms with Crippen molar-refractivity contribution in [2.45, 2.75) is 4.90 Å². The molecule has 2 aromatic carbocycles. The molecule has 3 nitrogen and oxygen atoms in total. The van der Waals surface area contributed by atoms with Crippen molar-refractivity contribution in [3.63, 3.8) is 0 Å². The molecule has 5 heteroatoms. The number of fused-ring (bicyclic) bond motifs is 1. The number of hydrogen-bond donors (Lipinski definition) is 1. The Bertz CT molecular complexity index is 1120. The number of benzene rings is 2. The molecule has 4 rings (SSSR count). The molecule has 0 saturated carbocycles. The van der Waals surface area contributed by atoms with Gasteiger partial charge in [0.05, 0.1) is 11.1 Å². The fourth-order valence-corrected chi connectivity index (χ4v) is 3.52. The zero-order chi connectivity index (χ0) is 18.1. The number of nitrogens with one attached hydrogen (secondary N) is 1. The van der Waals surface area contributed by atoms with E-state index >= 15 is 0 Å². The number of rotatable bonds is 4. The highest BCUT2D eigenvalue weighted by Gasteiger charge is 2.20. The van der Waals surface area contributed by atoms with Gasteiger partial charge in [-0.2, -0.15) is 0 Å².